The van der Waals surface area contributed by atoms with Crippen LogP contribution in [0.25, 0.3) is 22.4 Å². The van der Waals surface area contributed by atoms with Crippen LogP contribution >= 0.6 is 11.8 Å². The zero-order valence-electron chi connectivity index (χ0n) is 15.6. The topological polar surface area (TPSA) is 54.9 Å². The van der Waals surface area contributed by atoms with Gasteiger partial charge in [-0.1, -0.05) is 80.2 Å². The second kappa shape index (κ2) is 9.33. The third kappa shape index (κ3) is 5.66. The zero-order valence-corrected chi connectivity index (χ0v) is 16.4. The maximum atomic E-state index is 11.8. The lowest BCUT2D eigenvalue weighted by molar-refractivity contribution is -0.118. The molecule has 138 valence electrons. The van der Waals surface area contributed by atoms with Crippen molar-refractivity contribution in [3.8, 4) is 22.4 Å². The minimum absolute atomic E-state index is 0.0241. The van der Waals surface area contributed by atoms with Gasteiger partial charge in [-0.05, 0) is 29.2 Å². The number of carbonyl (C=O) groups is 1. The molecule has 0 bridgehead atoms. The van der Waals surface area contributed by atoms with Gasteiger partial charge in [0.05, 0.1) is 11.4 Å². The van der Waals surface area contributed by atoms with E-state index in [1.54, 1.807) is 0 Å². The van der Waals surface area contributed by atoms with Gasteiger partial charge in [0, 0.05) is 12.1 Å². The van der Waals surface area contributed by atoms with Gasteiger partial charge in [0.2, 0.25) is 5.91 Å². The molecule has 3 aromatic rings. The van der Waals surface area contributed by atoms with Gasteiger partial charge in [-0.2, -0.15) is 0 Å². The lowest BCUT2D eigenvalue weighted by Gasteiger charge is -2.07. The van der Waals surface area contributed by atoms with Crippen molar-refractivity contribution in [2.45, 2.75) is 18.9 Å². The number of aromatic nitrogens is 2. The maximum absolute atomic E-state index is 11.8. The Kier molecular flexibility index (Phi) is 6.60. The fourth-order valence-corrected chi connectivity index (χ4v) is 3.17. The Hall–Kier alpha value is -2.66. The van der Waals surface area contributed by atoms with E-state index in [9.17, 15) is 4.79 Å². The Morgan fingerprint density at radius 3 is 2.19 bits per heavy atom. The quantitative estimate of drug-likeness (QED) is 0.608. The fraction of sp³-hybridized carbons (Fsp3) is 0.227. The van der Waals surface area contributed by atoms with Gasteiger partial charge in [0.25, 0.3) is 0 Å². The molecule has 0 aliphatic carbocycles. The molecule has 1 amide bonds. The maximum Gasteiger partial charge on any atom is 0.230 e. The summed E-state index contributed by atoms with van der Waals surface area (Å²) in [5.41, 5.74) is 4.21. The molecule has 1 N–H and O–H groups in total. The minimum Gasteiger partial charge on any atom is -0.355 e. The van der Waals surface area contributed by atoms with Gasteiger partial charge in [-0.3, -0.25) is 4.79 Å². The molecular formula is C22H23N3OS. The number of carbonyl (C=O) groups excluding carboxylic acids is 1. The fourth-order valence-electron chi connectivity index (χ4n) is 2.52. The van der Waals surface area contributed by atoms with Crippen LogP contribution in [0.1, 0.15) is 13.8 Å². The standard InChI is InChI=1S/C22H23N3OS/c1-16(2)14-23-21(26)15-27-22-13-12-20(24-25-22)19-10-8-18(9-11-19)17-6-4-3-5-7-17/h3-13,16H,14-15H2,1-2H3,(H,23,26). The Balaban J connectivity index is 1.59. The van der Waals surface area contributed by atoms with Crippen molar-refractivity contribution >= 4 is 17.7 Å². The summed E-state index contributed by atoms with van der Waals surface area (Å²) in [5.74, 6) is 0.828. The summed E-state index contributed by atoms with van der Waals surface area (Å²) < 4.78 is 0. The molecule has 0 unspecified atom stereocenters. The van der Waals surface area contributed by atoms with Gasteiger partial charge in [-0.15, -0.1) is 10.2 Å². The number of hydrogen-bond donors (Lipinski definition) is 1. The summed E-state index contributed by atoms with van der Waals surface area (Å²) in [6.07, 6.45) is 0. The van der Waals surface area contributed by atoms with Gasteiger partial charge >= 0.3 is 0 Å². The summed E-state index contributed by atoms with van der Waals surface area (Å²) in [6, 6.07) is 22.4. The van der Waals surface area contributed by atoms with Crippen LogP contribution in [-0.4, -0.2) is 28.4 Å². The third-order valence-corrected chi connectivity index (χ3v) is 4.91. The molecule has 0 radical (unpaired) electrons. The molecule has 0 fully saturated rings. The normalized spacial score (nSPS) is 10.8. The molecule has 27 heavy (non-hydrogen) atoms. The number of benzene rings is 2. The predicted octanol–water partition coefficient (Wildman–Crippen LogP) is 4.67. The van der Waals surface area contributed by atoms with Crippen LogP contribution in [0, 0.1) is 5.92 Å². The van der Waals surface area contributed by atoms with Crippen molar-refractivity contribution in [2.24, 2.45) is 5.92 Å². The van der Waals surface area contributed by atoms with Gasteiger partial charge in [-0.25, -0.2) is 0 Å². The van der Waals surface area contributed by atoms with Crippen LogP contribution in [0.4, 0.5) is 0 Å². The highest BCUT2D eigenvalue weighted by atomic mass is 32.2. The molecule has 1 aromatic heterocycles. The molecule has 5 heteroatoms. The van der Waals surface area contributed by atoms with Crippen LogP contribution in [0.2, 0.25) is 0 Å². The summed E-state index contributed by atoms with van der Waals surface area (Å²) in [7, 11) is 0. The van der Waals surface area contributed by atoms with Crippen molar-refractivity contribution < 1.29 is 4.79 Å². The minimum atomic E-state index is 0.0241. The summed E-state index contributed by atoms with van der Waals surface area (Å²) >= 11 is 1.40. The van der Waals surface area contributed by atoms with Crippen LogP contribution in [0.5, 0.6) is 0 Å². The van der Waals surface area contributed by atoms with E-state index in [0.717, 1.165) is 16.3 Å². The molecular weight excluding hydrogens is 354 g/mol. The first-order valence-electron chi connectivity index (χ1n) is 9.01. The third-order valence-electron chi connectivity index (χ3n) is 3.99. The summed E-state index contributed by atoms with van der Waals surface area (Å²) in [4.78, 5) is 11.8. The average Bonchev–Trinajstić information content (AvgIpc) is 2.72. The van der Waals surface area contributed by atoms with Gasteiger partial charge in [0.15, 0.2) is 0 Å². The molecule has 4 nitrogen and oxygen atoms in total. The van der Waals surface area contributed by atoms with Crippen LogP contribution in [-0.2, 0) is 4.79 Å². The Morgan fingerprint density at radius 1 is 0.889 bits per heavy atom. The number of nitrogens with one attached hydrogen (secondary N) is 1. The Labute approximate surface area is 164 Å². The second-order valence-corrected chi connectivity index (χ2v) is 7.68. The molecule has 0 spiro atoms. The largest absolute Gasteiger partial charge is 0.355 e. The molecule has 0 aliphatic heterocycles. The van der Waals surface area contributed by atoms with Crippen LogP contribution in [0.3, 0.4) is 0 Å². The summed E-state index contributed by atoms with van der Waals surface area (Å²) in [6.45, 7) is 4.84. The molecule has 0 saturated carbocycles. The van der Waals surface area contributed by atoms with Crippen molar-refractivity contribution in [3.63, 3.8) is 0 Å². The molecule has 0 atom stereocenters. The molecule has 2 aromatic carbocycles. The van der Waals surface area contributed by atoms with Crippen molar-refractivity contribution in [3.05, 3.63) is 66.7 Å². The second-order valence-electron chi connectivity index (χ2n) is 6.69. The SMILES string of the molecule is CC(C)CNC(=O)CSc1ccc(-c2ccc(-c3ccccc3)cc2)nn1. The van der Waals surface area contributed by atoms with E-state index >= 15 is 0 Å². The summed E-state index contributed by atoms with van der Waals surface area (Å²) in [5, 5.41) is 12.2. The van der Waals surface area contributed by atoms with E-state index in [-0.39, 0.29) is 5.91 Å². The van der Waals surface area contributed by atoms with E-state index in [1.165, 1.54) is 22.9 Å². The Bertz CT molecular complexity index is 862. The lowest BCUT2D eigenvalue weighted by atomic mass is 10.0. The highest BCUT2D eigenvalue weighted by molar-refractivity contribution is 7.99. The van der Waals surface area contributed by atoms with Gasteiger partial charge in [0.1, 0.15) is 5.03 Å². The van der Waals surface area contributed by atoms with E-state index in [2.05, 4.69) is 65.8 Å². The number of hydrogen-bond acceptors (Lipinski definition) is 4. The zero-order chi connectivity index (χ0) is 19.1. The highest BCUT2D eigenvalue weighted by Gasteiger charge is 2.06. The molecule has 1 heterocycles. The Morgan fingerprint density at radius 2 is 1.56 bits per heavy atom. The van der Waals surface area contributed by atoms with Crippen molar-refractivity contribution in [1.82, 2.24) is 15.5 Å². The number of amides is 1. The number of rotatable bonds is 7. The predicted molar refractivity (Wildman–Crippen MR) is 111 cm³/mol. The van der Waals surface area contributed by atoms with E-state index in [4.69, 9.17) is 0 Å². The van der Waals surface area contributed by atoms with E-state index in [1.807, 2.05) is 30.3 Å². The monoisotopic (exact) mass is 377 g/mol. The smallest absolute Gasteiger partial charge is 0.230 e. The molecule has 3 rings (SSSR count). The first-order chi connectivity index (χ1) is 13.1. The number of nitrogens with zero attached hydrogens (tertiary/aromatic N) is 2. The van der Waals surface area contributed by atoms with Crippen molar-refractivity contribution in [1.29, 1.82) is 0 Å². The van der Waals surface area contributed by atoms with Crippen LogP contribution < -0.4 is 5.32 Å². The van der Waals surface area contributed by atoms with Crippen LogP contribution in [0.15, 0.2) is 71.8 Å². The first-order valence-corrected chi connectivity index (χ1v) is 9.99. The van der Waals surface area contributed by atoms with E-state index in [0.29, 0.717) is 18.2 Å². The number of thioether (sulfide) groups is 1. The molecule has 0 saturated heterocycles. The molecule has 0 aliphatic rings. The average molecular weight is 378 g/mol. The van der Waals surface area contributed by atoms with E-state index < -0.39 is 0 Å². The van der Waals surface area contributed by atoms with Gasteiger partial charge < -0.3 is 5.32 Å². The first kappa shape index (κ1) is 19.1. The van der Waals surface area contributed by atoms with Crippen molar-refractivity contribution in [2.75, 3.05) is 12.3 Å². The lowest BCUT2D eigenvalue weighted by Crippen LogP contribution is -2.28. The highest BCUT2D eigenvalue weighted by Crippen LogP contribution is 2.24.